The second-order valence-corrected chi connectivity index (χ2v) is 9.44. The predicted octanol–water partition coefficient (Wildman–Crippen LogP) is 1.39. The van der Waals surface area contributed by atoms with E-state index < -0.39 is 17.3 Å². The molecule has 0 fully saturated rings. The summed E-state index contributed by atoms with van der Waals surface area (Å²) >= 11 is 2.31. The van der Waals surface area contributed by atoms with E-state index >= 15 is 0 Å². The van der Waals surface area contributed by atoms with Crippen molar-refractivity contribution in [2.45, 2.75) is 9.50 Å². The van der Waals surface area contributed by atoms with Gasteiger partial charge in [0.2, 0.25) is 5.13 Å². The van der Waals surface area contributed by atoms with Crippen LogP contribution in [0.2, 0.25) is 0 Å². The monoisotopic (exact) mass is 502 g/mol. The minimum Gasteiger partial charge on any atom is -0.486 e. The summed E-state index contributed by atoms with van der Waals surface area (Å²) in [7, 11) is 4.66. The van der Waals surface area contributed by atoms with Crippen molar-refractivity contribution in [2.24, 2.45) is 21.1 Å². The van der Waals surface area contributed by atoms with E-state index in [1.54, 1.807) is 36.9 Å². The van der Waals surface area contributed by atoms with Gasteiger partial charge in [-0.1, -0.05) is 11.3 Å². The van der Waals surface area contributed by atoms with Crippen molar-refractivity contribution in [2.75, 3.05) is 23.8 Å². The number of aryl methyl sites for hydroxylation is 2. The van der Waals surface area contributed by atoms with Crippen LogP contribution in [-0.4, -0.2) is 48.1 Å². The van der Waals surface area contributed by atoms with E-state index in [0.29, 0.717) is 45.4 Å². The maximum absolute atomic E-state index is 12.5. The molecule has 0 atom stereocenters. The lowest BCUT2D eigenvalue weighted by molar-refractivity contribution is 0.171. The van der Waals surface area contributed by atoms with E-state index in [4.69, 9.17) is 9.47 Å². The number of urea groups is 1. The first-order valence-electron chi connectivity index (χ1n) is 9.93. The Morgan fingerprint density at radius 1 is 1.03 bits per heavy atom. The molecule has 5 rings (SSSR count). The topological polar surface area (TPSA) is 147 Å². The number of ether oxygens (including phenoxy) is 2. The van der Waals surface area contributed by atoms with E-state index in [-0.39, 0.29) is 10.8 Å². The fourth-order valence-electron chi connectivity index (χ4n) is 3.35. The van der Waals surface area contributed by atoms with Gasteiger partial charge in [-0.3, -0.25) is 19.2 Å². The highest BCUT2D eigenvalue weighted by atomic mass is 32.2. The molecule has 176 valence electrons. The zero-order valence-electron chi connectivity index (χ0n) is 18.2. The molecule has 0 saturated carbocycles. The summed E-state index contributed by atoms with van der Waals surface area (Å²) in [6, 6.07) is 4.62. The number of benzene rings is 1. The SMILES string of the molecule is Cn1c(=O)c2c(nc(Sc3nnc(NC(=O)Nc4ccc5c(c4)OCCO5)s3)n2C)n(C)c1=O. The number of amides is 2. The van der Waals surface area contributed by atoms with Gasteiger partial charge >= 0.3 is 11.7 Å². The summed E-state index contributed by atoms with van der Waals surface area (Å²) in [5, 5.41) is 14.1. The van der Waals surface area contributed by atoms with Crippen LogP contribution in [0, 0.1) is 0 Å². The largest absolute Gasteiger partial charge is 0.486 e. The third kappa shape index (κ3) is 3.88. The Kier molecular flexibility index (Phi) is 5.49. The van der Waals surface area contributed by atoms with Gasteiger partial charge in [0.25, 0.3) is 5.56 Å². The maximum Gasteiger partial charge on any atom is 0.332 e. The zero-order valence-corrected chi connectivity index (χ0v) is 19.8. The summed E-state index contributed by atoms with van der Waals surface area (Å²) in [4.78, 5) is 41.5. The first-order chi connectivity index (χ1) is 16.3. The Morgan fingerprint density at radius 2 is 1.79 bits per heavy atom. The van der Waals surface area contributed by atoms with Gasteiger partial charge in [-0.05, 0) is 23.9 Å². The van der Waals surface area contributed by atoms with Crippen LogP contribution in [0.5, 0.6) is 11.5 Å². The van der Waals surface area contributed by atoms with Crippen molar-refractivity contribution in [1.29, 1.82) is 0 Å². The quantitative estimate of drug-likeness (QED) is 0.395. The second-order valence-electron chi connectivity index (χ2n) is 7.24. The highest BCUT2D eigenvalue weighted by Crippen LogP contribution is 2.34. The molecule has 34 heavy (non-hydrogen) atoms. The smallest absolute Gasteiger partial charge is 0.332 e. The van der Waals surface area contributed by atoms with Gasteiger partial charge in [-0.2, -0.15) is 0 Å². The van der Waals surface area contributed by atoms with Crippen molar-refractivity contribution < 1.29 is 14.3 Å². The minimum absolute atomic E-state index is 0.277. The van der Waals surface area contributed by atoms with Crippen molar-refractivity contribution in [3.05, 3.63) is 39.0 Å². The summed E-state index contributed by atoms with van der Waals surface area (Å²) in [5.41, 5.74) is 0.218. The van der Waals surface area contributed by atoms with Gasteiger partial charge in [-0.15, -0.1) is 10.2 Å². The second kappa shape index (κ2) is 8.49. The van der Waals surface area contributed by atoms with E-state index in [2.05, 4.69) is 25.8 Å². The molecule has 2 N–H and O–H groups in total. The van der Waals surface area contributed by atoms with E-state index in [9.17, 15) is 14.4 Å². The molecule has 1 aliphatic rings. The molecule has 1 aliphatic heterocycles. The van der Waals surface area contributed by atoms with E-state index in [1.807, 2.05) is 0 Å². The Morgan fingerprint density at radius 3 is 2.59 bits per heavy atom. The molecule has 0 saturated heterocycles. The fraction of sp³-hybridized carbons (Fsp3) is 0.263. The molecular weight excluding hydrogens is 484 g/mol. The number of hydrogen-bond acceptors (Lipinski definition) is 10. The molecule has 0 aliphatic carbocycles. The van der Waals surface area contributed by atoms with Gasteiger partial charge in [0.1, 0.15) is 13.2 Å². The molecule has 0 spiro atoms. The van der Waals surface area contributed by atoms with Crippen molar-refractivity contribution in [3.63, 3.8) is 0 Å². The number of carbonyl (C=O) groups excluding carboxylic acids is 1. The lowest BCUT2D eigenvalue weighted by Crippen LogP contribution is -2.37. The van der Waals surface area contributed by atoms with Crippen LogP contribution >= 0.6 is 23.1 Å². The number of imidazole rings is 1. The number of fused-ring (bicyclic) bond motifs is 2. The molecule has 0 radical (unpaired) electrons. The zero-order chi connectivity index (χ0) is 24.0. The molecule has 4 aromatic rings. The van der Waals surface area contributed by atoms with Crippen LogP contribution in [0.4, 0.5) is 15.6 Å². The molecular formula is C19H18N8O5S2. The minimum atomic E-state index is -0.495. The number of aromatic nitrogens is 6. The molecule has 13 nitrogen and oxygen atoms in total. The van der Waals surface area contributed by atoms with E-state index in [1.165, 1.54) is 23.4 Å². The Balaban J connectivity index is 1.30. The average Bonchev–Trinajstić information content (AvgIpc) is 3.40. The Hall–Kier alpha value is -3.85. The number of anilines is 2. The summed E-state index contributed by atoms with van der Waals surface area (Å²) in [5.74, 6) is 1.19. The van der Waals surface area contributed by atoms with Crippen LogP contribution < -0.4 is 31.4 Å². The summed E-state index contributed by atoms with van der Waals surface area (Å²) < 4.78 is 15.4. The molecule has 0 bridgehead atoms. The predicted molar refractivity (Wildman–Crippen MR) is 125 cm³/mol. The van der Waals surface area contributed by atoms with Crippen LogP contribution in [0.15, 0.2) is 37.3 Å². The van der Waals surface area contributed by atoms with Crippen LogP contribution in [0.25, 0.3) is 11.2 Å². The molecule has 3 aromatic heterocycles. The van der Waals surface area contributed by atoms with Crippen molar-refractivity contribution in [3.8, 4) is 11.5 Å². The highest BCUT2D eigenvalue weighted by molar-refractivity contribution is 8.01. The van der Waals surface area contributed by atoms with Crippen molar-refractivity contribution >= 4 is 51.1 Å². The first kappa shape index (κ1) is 22.0. The van der Waals surface area contributed by atoms with Crippen molar-refractivity contribution in [1.82, 2.24) is 28.9 Å². The van der Waals surface area contributed by atoms with E-state index in [0.717, 1.165) is 15.9 Å². The standard InChI is InChI=1S/C19H18N8O5S2/c1-25-12-13(26(2)19(30)27(3)14(12)28)21-17(25)34-18-24-23-16(33-18)22-15(29)20-9-4-5-10-11(8-9)32-7-6-31-10/h4-5,8H,6-7H2,1-3H3,(H2,20,22,23,29). The third-order valence-electron chi connectivity index (χ3n) is 5.04. The Labute approximate surface area is 199 Å². The molecule has 15 heteroatoms. The number of carbonyl (C=O) groups is 1. The number of nitrogens with zero attached hydrogens (tertiary/aromatic N) is 6. The average molecular weight is 503 g/mol. The lowest BCUT2D eigenvalue weighted by atomic mass is 10.2. The van der Waals surface area contributed by atoms with Crippen LogP contribution in [-0.2, 0) is 21.1 Å². The summed E-state index contributed by atoms with van der Waals surface area (Å²) in [6.07, 6.45) is 0. The Bertz CT molecular complexity index is 1550. The van der Waals surface area contributed by atoms with Gasteiger partial charge < -0.3 is 19.4 Å². The molecule has 2 amide bonds. The first-order valence-corrected chi connectivity index (χ1v) is 11.6. The molecule has 4 heterocycles. The maximum atomic E-state index is 12.5. The van der Waals surface area contributed by atoms with Gasteiger partial charge in [0, 0.05) is 32.9 Å². The van der Waals surface area contributed by atoms with Gasteiger partial charge in [0.05, 0.1) is 0 Å². The number of nitrogens with one attached hydrogen (secondary N) is 2. The normalized spacial score (nSPS) is 12.7. The van der Waals surface area contributed by atoms with Crippen LogP contribution in [0.3, 0.4) is 0 Å². The fourth-order valence-corrected chi connectivity index (χ4v) is 5.05. The number of hydrogen-bond donors (Lipinski definition) is 2. The van der Waals surface area contributed by atoms with Crippen LogP contribution in [0.1, 0.15) is 0 Å². The van der Waals surface area contributed by atoms with Gasteiger partial charge in [-0.25, -0.2) is 14.6 Å². The number of rotatable bonds is 4. The highest BCUT2D eigenvalue weighted by Gasteiger charge is 2.19. The molecule has 1 aromatic carbocycles. The summed E-state index contributed by atoms with van der Waals surface area (Å²) in [6.45, 7) is 0.936. The van der Waals surface area contributed by atoms with Gasteiger partial charge in [0.15, 0.2) is 32.2 Å². The molecule has 0 unspecified atom stereocenters. The lowest BCUT2D eigenvalue weighted by Gasteiger charge is -2.18. The third-order valence-corrected chi connectivity index (χ3v) is 6.98.